The summed E-state index contributed by atoms with van der Waals surface area (Å²) in [7, 11) is -2.76. The molecule has 0 unspecified atom stereocenters. The van der Waals surface area contributed by atoms with Gasteiger partial charge in [-0.2, -0.15) is 0 Å². The Kier molecular flexibility index (Phi) is 10.2. The summed E-state index contributed by atoms with van der Waals surface area (Å²) in [5.74, 6) is 0. The summed E-state index contributed by atoms with van der Waals surface area (Å²) >= 11 is 0. The fourth-order valence-corrected chi connectivity index (χ4v) is 18.2. The number of fused-ring (bicyclic) bond motifs is 9. The minimum absolute atomic E-state index is 0.515. The van der Waals surface area contributed by atoms with E-state index in [0.29, 0.717) is 0 Å². The number of hydrogen-bond donors (Lipinski definition) is 0. The van der Waals surface area contributed by atoms with Gasteiger partial charge in [0.05, 0.1) is 33.2 Å². The van der Waals surface area contributed by atoms with Crippen LogP contribution in [-0.2, 0) is 5.41 Å². The van der Waals surface area contributed by atoms with Crippen LogP contribution in [0.5, 0.6) is 0 Å². The lowest BCUT2D eigenvalue weighted by Crippen LogP contribution is -2.74. The number of aromatic nitrogens is 2. The van der Waals surface area contributed by atoms with Crippen molar-refractivity contribution in [1.82, 2.24) is 9.13 Å². The molecule has 0 bridgehead atoms. The zero-order valence-corrected chi connectivity index (χ0v) is 42.8. The molecule has 356 valence electrons. The highest BCUT2D eigenvalue weighted by atomic mass is 28.3. The first-order chi connectivity index (χ1) is 37.7. The molecule has 2 aromatic heterocycles. The van der Waals surface area contributed by atoms with Crippen molar-refractivity contribution in [2.75, 3.05) is 0 Å². The Labute approximate surface area is 443 Å². The summed E-state index contributed by atoms with van der Waals surface area (Å²) in [4.78, 5) is 0. The highest BCUT2D eigenvalue weighted by Crippen LogP contribution is 2.57. The van der Waals surface area contributed by atoms with E-state index >= 15 is 0 Å². The molecule has 0 fully saturated rings. The highest BCUT2D eigenvalue weighted by molar-refractivity contribution is 7.19. The molecule has 0 atom stereocenters. The standard InChI is InChI=1S/C73H50N2Si/c1-6-24-52(25-7-1)73(53-26-8-2-9-27-53)66-40-19-16-34-60(66)61-49-44-51(50-67(61)73)59-37-22-38-64-62-35-18-21-42-69(62)75(71(59)64)70-43-23-39-65-63-36-17-20-41-68(63)74(72(65)70)54-45-47-58(48-46-54)76(55-28-10-3-11-29-55,56-30-12-4-13-31-56)57-32-14-5-15-33-57/h1-50H. The van der Waals surface area contributed by atoms with E-state index in [9.17, 15) is 0 Å². The molecule has 76 heavy (non-hydrogen) atoms. The Balaban J connectivity index is 0.979. The van der Waals surface area contributed by atoms with Crippen LogP contribution in [0.1, 0.15) is 22.3 Å². The van der Waals surface area contributed by atoms with Gasteiger partial charge in [-0.3, -0.25) is 0 Å². The predicted molar refractivity (Wildman–Crippen MR) is 321 cm³/mol. The normalized spacial score (nSPS) is 12.8. The van der Waals surface area contributed by atoms with Crippen LogP contribution in [0.15, 0.2) is 303 Å². The van der Waals surface area contributed by atoms with Gasteiger partial charge in [-0.1, -0.05) is 267 Å². The fourth-order valence-electron chi connectivity index (χ4n) is 13.5. The maximum absolute atomic E-state index is 2.76. The Hall–Kier alpha value is -9.54. The van der Waals surface area contributed by atoms with Gasteiger partial charge < -0.3 is 9.13 Å². The first-order valence-electron chi connectivity index (χ1n) is 26.4. The molecule has 14 aromatic rings. The van der Waals surface area contributed by atoms with Gasteiger partial charge in [-0.15, -0.1) is 0 Å². The molecular formula is C73H50N2Si. The molecule has 3 heteroatoms. The van der Waals surface area contributed by atoms with Crippen molar-refractivity contribution in [1.29, 1.82) is 0 Å². The topological polar surface area (TPSA) is 9.86 Å². The Morgan fingerprint density at radius 1 is 0.276 bits per heavy atom. The molecule has 2 heterocycles. The van der Waals surface area contributed by atoms with Crippen molar-refractivity contribution in [2.45, 2.75) is 5.41 Å². The van der Waals surface area contributed by atoms with E-state index in [1.54, 1.807) is 0 Å². The third-order valence-corrected chi connectivity index (χ3v) is 21.4. The quantitative estimate of drug-likeness (QED) is 0.101. The molecule has 0 aliphatic heterocycles. The van der Waals surface area contributed by atoms with Crippen molar-refractivity contribution < 1.29 is 0 Å². The third-order valence-electron chi connectivity index (χ3n) is 16.6. The van der Waals surface area contributed by atoms with Crippen LogP contribution in [-0.4, -0.2) is 17.2 Å². The van der Waals surface area contributed by atoms with Crippen molar-refractivity contribution in [3.05, 3.63) is 326 Å². The molecule has 0 radical (unpaired) electrons. The van der Waals surface area contributed by atoms with Crippen LogP contribution in [0, 0.1) is 0 Å². The van der Waals surface area contributed by atoms with E-state index in [1.807, 2.05) is 0 Å². The van der Waals surface area contributed by atoms with Crippen molar-refractivity contribution >= 4 is 72.4 Å². The second-order valence-electron chi connectivity index (χ2n) is 20.3. The summed E-state index contributed by atoms with van der Waals surface area (Å²) < 4.78 is 5.08. The number of para-hydroxylation sites is 4. The first kappa shape index (κ1) is 44.0. The SMILES string of the molecule is c1ccc(C2(c3ccccc3)c3ccccc3-c3ccc(-c4cccc5c6ccccc6n(-c6cccc7c8ccccc8n(-c8ccc([Si](c9ccccc9)(c9ccccc9)c9ccccc9)cc8)c67)c45)cc32)cc1. The lowest BCUT2D eigenvalue weighted by molar-refractivity contribution is 0.769. The molecule has 1 aliphatic carbocycles. The lowest BCUT2D eigenvalue weighted by Gasteiger charge is -2.34. The third kappa shape index (κ3) is 6.33. The second kappa shape index (κ2) is 17.6. The smallest absolute Gasteiger partial charge is 0.179 e. The van der Waals surface area contributed by atoms with Crippen LogP contribution in [0.4, 0.5) is 0 Å². The molecule has 1 aliphatic rings. The zero-order chi connectivity index (χ0) is 50.2. The molecule has 0 amide bonds. The molecule has 15 rings (SSSR count). The number of hydrogen-bond acceptors (Lipinski definition) is 0. The maximum Gasteiger partial charge on any atom is 0.179 e. The number of nitrogens with zero attached hydrogens (tertiary/aromatic N) is 2. The largest absolute Gasteiger partial charge is 0.307 e. The molecule has 2 nitrogen and oxygen atoms in total. The van der Waals surface area contributed by atoms with Gasteiger partial charge >= 0.3 is 0 Å². The van der Waals surface area contributed by atoms with Crippen molar-refractivity contribution in [2.24, 2.45) is 0 Å². The van der Waals surface area contributed by atoms with E-state index in [-0.39, 0.29) is 0 Å². The number of rotatable bonds is 9. The van der Waals surface area contributed by atoms with Gasteiger partial charge in [-0.05, 0) is 96.1 Å². The Bertz CT molecular complexity index is 4350. The van der Waals surface area contributed by atoms with E-state index in [1.165, 1.54) is 109 Å². The van der Waals surface area contributed by atoms with E-state index in [0.717, 1.165) is 11.4 Å². The summed E-state index contributed by atoms with van der Waals surface area (Å²) in [6.45, 7) is 0. The minimum Gasteiger partial charge on any atom is -0.307 e. The molecule has 0 saturated carbocycles. The summed E-state index contributed by atoms with van der Waals surface area (Å²) in [6, 6.07) is 113. The van der Waals surface area contributed by atoms with Crippen LogP contribution >= 0.6 is 0 Å². The van der Waals surface area contributed by atoms with Crippen molar-refractivity contribution in [3.63, 3.8) is 0 Å². The van der Waals surface area contributed by atoms with Gasteiger partial charge in [0.2, 0.25) is 0 Å². The summed E-state index contributed by atoms with van der Waals surface area (Å²) in [5.41, 5.74) is 16.5. The monoisotopic (exact) mass is 982 g/mol. The van der Waals surface area contributed by atoms with Gasteiger partial charge in [0.25, 0.3) is 0 Å². The Morgan fingerprint density at radius 2 is 0.711 bits per heavy atom. The van der Waals surface area contributed by atoms with Gasteiger partial charge in [0.1, 0.15) is 0 Å². The van der Waals surface area contributed by atoms with Gasteiger partial charge in [0.15, 0.2) is 8.07 Å². The van der Waals surface area contributed by atoms with Gasteiger partial charge in [-0.25, -0.2) is 0 Å². The zero-order valence-electron chi connectivity index (χ0n) is 41.8. The maximum atomic E-state index is 2.56. The first-order valence-corrected chi connectivity index (χ1v) is 28.4. The van der Waals surface area contributed by atoms with E-state index in [4.69, 9.17) is 0 Å². The van der Waals surface area contributed by atoms with E-state index in [2.05, 4.69) is 312 Å². The van der Waals surface area contributed by atoms with Crippen LogP contribution in [0.3, 0.4) is 0 Å². The molecule has 0 spiro atoms. The second-order valence-corrected chi connectivity index (χ2v) is 24.1. The average molecular weight is 983 g/mol. The molecular weight excluding hydrogens is 933 g/mol. The molecule has 12 aromatic carbocycles. The number of benzene rings is 12. The Morgan fingerprint density at radius 3 is 1.30 bits per heavy atom. The molecule has 0 N–H and O–H groups in total. The van der Waals surface area contributed by atoms with Crippen LogP contribution in [0.2, 0.25) is 0 Å². The van der Waals surface area contributed by atoms with Crippen LogP contribution in [0.25, 0.3) is 77.2 Å². The summed E-state index contributed by atoms with van der Waals surface area (Å²) in [5, 5.41) is 10.3. The predicted octanol–water partition coefficient (Wildman–Crippen LogP) is 15.3. The highest BCUT2D eigenvalue weighted by Gasteiger charge is 2.46. The summed E-state index contributed by atoms with van der Waals surface area (Å²) in [6.07, 6.45) is 0. The average Bonchev–Trinajstić information content (AvgIpc) is 4.14. The molecule has 0 saturated heterocycles. The minimum atomic E-state index is -2.76. The lowest BCUT2D eigenvalue weighted by atomic mass is 9.67. The van der Waals surface area contributed by atoms with Crippen LogP contribution < -0.4 is 20.7 Å². The van der Waals surface area contributed by atoms with E-state index < -0.39 is 13.5 Å². The van der Waals surface area contributed by atoms with Gasteiger partial charge in [0, 0.05) is 32.8 Å². The fraction of sp³-hybridized carbons (Fsp3) is 0.0137. The van der Waals surface area contributed by atoms with Crippen molar-refractivity contribution in [3.8, 4) is 33.6 Å².